The normalized spacial score (nSPS) is 35.7. The molecule has 0 amide bonds. The van der Waals surface area contributed by atoms with E-state index < -0.39 is 0 Å². The minimum Gasteiger partial charge on any atom is -0.391 e. The van der Waals surface area contributed by atoms with E-state index in [1.165, 1.54) is 37.7 Å². The van der Waals surface area contributed by atoms with Crippen LogP contribution < -0.4 is 5.32 Å². The SMILES string of the molecule is C=CC/C=N\C(NCC(O)C12CC3CCCC(C1)C32)=C1\CCN(CC(C)(C)C)CC1=C. The molecule has 0 aromatic rings. The second kappa shape index (κ2) is 8.86. The van der Waals surface area contributed by atoms with Crippen molar-refractivity contribution in [1.82, 2.24) is 10.2 Å². The van der Waals surface area contributed by atoms with E-state index in [9.17, 15) is 5.11 Å². The van der Waals surface area contributed by atoms with Crippen LogP contribution in [0.15, 0.2) is 41.2 Å². The van der Waals surface area contributed by atoms with Crippen molar-refractivity contribution in [2.45, 2.75) is 71.8 Å². The maximum Gasteiger partial charge on any atom is 0.129 e. The summed E-state index contributed by atoms with van der Waals surface area (Å²) in [5.41, 5.74) is 2.86. The van der Waals surface area contributed by atoms with Crippen LogP contribution in [0, 0.1) is 28.6 Å². The number of rotatable bonds is 8. The average Bonchev–Trinajstić information content (AvgIpc) is 2.65. The van der Waals surface area contributed by atoms with Crippen molar-refractivity contribution in [3.63, 3.8) is 0 Å². The number of likely N-dealkylation sites (tertiary alicyclic amines) is 1. The van der Waals surface area contributed by atoms with Gasteiger partial charge in [0, 0.05) is 44.2 Å². The van der Waals surface area contributed by atoms with Crippen LogP contribution in [0.3, 0.4) is 0 Å². The highest BCUT2D eigenvalue weighted by atomic mass is 16.3. The summed E-state index contributed by atoms with van der Waals surface area (Å²) >= 11 is 0. The molecule has 1 aliphatic heterocycles. The number of aliphatic imine (C=N–C) groups is 1. The highest BCUT2D eigenvalue weighted by Gasteiger charge is 2.68. The van der Waals surface area contributed by atoms with Crippen LogP contribution in [0.4, 0.5) is 0 Å². The second-order valence-corrected chi connectivity index (χ2v) is 11.8. The molecule has 3 unspecified atom stereocenters. The Hall–Kier alpha value is -1.39. The van der Waals surface area contributed by atoms with E-state index in [4.69, 9.17) is 4.99 Å². The number of nitrogens with zero attached hydrogens (tertiary/aromatic N) is 2. The van der Waals surface area contributed by atoms with E-state index in [1.807, 2.05) is 12.3 Å². The first-order valence-corrected chi connectivity index (χ1v) is 12.4. The molecular formula is C27H43N3O. The smallest absolute Gasteiger partial charge is 0.129 e. The lowest BCUT2D eigenvalue weighted by Gasteiger charge is -2.71. The predicted molar refractivity (Wildman–Crippen MR) is 130 cm³/mol. The van der Waals surface area contributed by atoms with Crippen LogP contribution in [0.1, 0.15) is 65.7 Å². The fourth-order valence-electron chi connectivity index (χ4n) is 7.12. The van der Waals surface area contributed by atoms with Gasteiger partial charge >= 0.3 is 0 Å². The molecule has 4 rings (SSSR count). The molecule has 1 saturated heterocycles. The van der Waals surface area contributed by atoms with Gasteiger partial charge in [-0.25, -0.2) is 4.99 Å². The summed E-state index contributed by atoms with van der Waals surface area (Å²) in [4.78, 5) is 7.26. The van der Waals surface area contributed by atoms with Crippen molar-refractivity contribution in [3.05, 3.63) is 36.2 Å². The van der Waals surface area contributed by atoms with Gasteiger partial charge in [0.05, 0.1) is 6.10 Å². The van der Waals surface area contributed by atoms with Gasteiger partial charge in [-0.1, -0.05) is 52.7 Å². The molecule has 1 heterocycles. The van der Waals surface area contributed by atoms with Gasteiger partial charge in [-0.2, -0.15) is 0 Å². The van der Waals surface area contributed by atoms with Crippen molar-refractivity contribution < 1.29 is 5.11 Å². The summed E-state index contributed by atoms with van der Waals surface area (Å²) in [5.74, 6) is 3.47. The topological polar surface area (TPSA) is 47.9 Å². The lowest BCUT2D eigenvalue weighted by molar-refractivity contribution is -0.254. The van der Waals surface area contributed by atoms with E-state index in [0.29, 0.717) is 6.54 Å². The molecule has 2 N–H and O–H groups in total. The van der Waals surface area contributed by atoms with Crippen molar-refractivity contribution >= 4 is 6.21 Å². The van der Waals surface area contributed by atoms with Gasteiger partial charge in [-0.05, 0) is 53.6 Å². The zero-order valence-corrected chi connectivity index (χ0v) is 20.0. The third kappa shape index (κ3) is 4.57. The number of nitrogens with one attached hydrogen (secondary N) is 1. The number of aliphatic hydroxyl groups excluding tert-OH is 1. The third-order valence-electron chi connectivity index (χ3n) is 8.24. The largest absolute Gasteiger partial charge is 0.391 e. The van der Waals surface area contributed by atoms with Crippen molar-refractivity contribution in [2.75, 3.05) is 26.2 Å². The van der Waals surface area contributed by atoms with E-state index in [0.717, 1.165) is 61.6 Å². The molecule has 0 aromatic carbocycles. The lowest BCUT2D eigenvalue weighted by Crippen LogP contribution is -2.68. The van der Waals surface area contributed by atoms with E-state index in [2.05, 4.69) is 44.1 Å². The van der Waals surface area contributed by atoms with Crippen LogP contribution >= 0.6 is 0 Å². The number of piperidine rings is 1. The monoisotopic (exact) mass is 425 g/mol. The molecule has 4 fully saturated rings. The Bertz CT molecular complexity index is 745. The Morgan fingerprint density at radius 3 is 2.65 bits per heavy atom. The molecule has 3 saturated carbocycles. The molecule has 172 valence electrons. The summed E-state index contributed by atoms with van der Waals surface area (Å²) in [7, 11) is 0. The fourth-order valence-corrected chi connectivity index (χ4v) is 7.12. The molecule has 4 nitrogen and oxygen atoms in total. The first-order chi connectivity index (χ1) is 14.7. The summed E-state index contributed by atoms with van der Waals surface area (Å²) in [5, 5.41) is 14.7. The van der Waals surface area contributed by atoms with E-state index in [-0.39, 0.29) is 16.9 Å². The van der Waals surface area contributed by atoms with Gasteiger partial charge in [-0.3, -0.25) is 4.90 Å². The molecule has 31 heavy (non-hydrogen) atoms. The molecule has 4 heteroatoms. The Labute approximate surface area is 189 Å². The molecule has 3 atom stereocenters. The average molecular weight is 426 g/mol. The molecule has 0 bridgehead atoms. The summed E-state index contributed by atoms with van der Waals surface area (Å²) in [6.07, 6.45) is 11.9. The molecule has 0 radical (unpaired) electrons. The number of hydrogen-bond donors (Lipinski definition) is 2. The number of allylic oxidation sites excluding steroid dienone is 1. The third-order valence-corrected chi connectivity index (χ3v) is 8.24. The van der Waals surface area contributed by atoms with Crippen LogP contribution in [0.5, 0.6) is 0 Å². The Morgan fingerprint density at radius 1 is 1.32 bits per heavy atom. The van der Waals surface area contributed by atoms with Crippen LogP contribution in [0.25, 0.3) is 0 Å². The Kier molecular flexibility index (Phi) is 6.52. The van der Waals surface area contributed by atoms with Gasteiger partial charge < -0.3 is 10.4 Å². The number of aliphatic hydroxyl groups is 1. The molecule has 0 spiro atoms. The first-order valence-electron chi connectivity index (χ1n) is 12.4. The minimum absolute atomic E-state index is 0.191. The number of hydrogen-bond acceptors (Lipinski definition) is 4. The molecule has 0 aromatic heterocycles. The second-order valence-electron chi connectivity index (χ2n) is 11.8. The minimum atomic E-state index is -0.275. The molecular weight excluding hydrogens is 382 g/mol. The van der Waals surface area contributed by atoms with Gasteiger partial charge in [0.2, 0.25) is 0 Å². The zero-order valence-electron chi connectivity index (χ0n) is 20.0. The van der Waals surface area contributed by atoms with Gasteiger partial charge in [0.15, 0.2) is 0 Å². The highest BCUT2D eigenvalue weighted by Crippen LogP contribution is 2.72. The Balaban J connectivity index is 1.41. The van der Waals surface area contributed by atoms with Crippen LogP contribution in [-0.4, -0.2) is 48.5 Å². The van der Waals surface area contributed by atoms with Crippen LogP contribution in [0.2, 0.25) is 0 Å². The maximum atomic E-state index is 11.2. The highest BCUT2D eigenvalue weighted by molar-refractivity contribution is 5.61. The quantitative estimate of drug-likeness (QED) is 0.428. The van der Waals surface area contributed by atoms with Gasteiger partial charge in [0.1, 0.15) is 5.82 Å². The summed E-state index contributed by atoms with van der Waals surface area (Å²) < 4.78 is 0. The maximum absolute atomic E-state index is 11.2. The van der Waals surface area contributed by atoms with Gasteiger partial charge in [-0.15, -0.1) is 6.58 Å². The van der Waals surface area contributed by atoms with E-state index >= 15 is 0 Å². The van der Waals surface area contributed by atoms with Crippen LogP contribution in [-0.2, 0) is 0 Å². The van der Waals surface area contributed by atoms with Crippen molar-refractivity contribution in [2.24, 2.45) is 33.6 Å². The molecule has 3 aliphatic carbocycles. The summed E-state index contributed by atoms with van der Waals surface area (Å²) in [6, 6.07) is 0. The predicted octanol–water partition coefficient (Wildman–Crippen LogP) is 4.93. The zero-order chi connectivity index (χ0) is 22.2. The lowest BCUT2D eigenvalue weighted by atomic mass is 9.34. The standard InChI is InChI=1S/C27H43N3O/c1-6-7-12-28-25(22-11-13-30(17-19(22)2)18-26(3,4)5)29-16-23(31)27-14-20-9-8-10-21(15-27)24(20)27/h6,12,20-21,23-24,29,31H,1-2,7-11,13-18H2,3-5H3/b25-22+,28-12-. The van der Waals surface area contributed by atoms with Crippen molar-refractivity contribution in [3.8, 4) is 0 Å². The first kappa shape index (κ1) is 22.8. The molecule has 4 aliphatic rings. The van der Waals surface area contributed by atoms with Crippen molar-refractivity contribution in [1.29, 1.82) is 0 Å². The van der Waals surface area contributed by atoms with Gasteiger partial charge in [0.25, 0.3) is 0 Å². The summed E-state index contributed by atoms with van der Waals surface area (Å²) in [6.45, 7) is 18.7. The Morgan fingerprint density at radius 2 is 2.03 bits per heavy atom. The van der Waals surface area contributed by atoms with E-state index in [1.54, 1.807) is 0 Å². The fraction of sp³-hybridized carbons (Fsp3) is 0.741.